The fourth-order valence-corrected chi connectivity index (χ4v) is 3.69. The number of unbranched alkanes of at least 4 members (excludes halogenated alkanes) is 1. The van der Waals surface area contributed by atoms with Crippen molar-refractivity contribution in [3.05, 3.63) is 90.0 Å². The molecule has 34 heavy (non-hydrogen) atoms. The Hall–Kier alpha value is -3.00. The van der Waals surface area contributed by atoms with Crippen LogP contribution in [0.15, 0.2) is 78.9 Å². The number of hydrogen-bond acceptors (Lipinski definition) is 1. The lowest BCUT2D eigenvalue weighted by Gasteiger charge is -2.23. The molecule has 1 nitrogen and oxygen atoms in total. The number of aryl methyl sites for hydroxylation is 1. The minimum Gasteiger partial charge on any atom is -0.247 e. The molecule has 1 aromatic heterocycles. The van der Waals surface area contributed by atoms with Crippen molar-refractivity contribution in [3.63, 3.8) is 0 Å². The fourth-order valence-electron chi connectivity index (χ4n) is 3.69. The zero-order valence-electron chi connectivity index (χ0n) is 22.0. The molecule has 0 saturated heterocycles. The van der Waals surface area contributed by atoms with Gasteiger partial charge in [-0.3, -0.25) is 0 Å². The van der Waals surface area contributed by atoms with Gasteiger partial charge in [0.1, 0.15) is 5.67 Å². The van der Waals surface area contributed by atoms with Gasteiger partial charge in [-0.25, -0.2) is 9.37 Å². The Morgan fingerprint density at radius 1 is 0.794 bits per heavy atom. The molecule has 180 valence electrons. The van der Waals surface area contributed by atoms with Crippen molar-refractivity contribution in [2.45, 2.75) is 73.4 Å². The van der Waals surface area contributed by atoms with E-state index in [0.717, 1.165) is 33.3 Å². The highest BCUT2D eigenvalue weighted by molar-refractivity contribution is 5.97. The molecule has 2 heteroatoms. The van der Waals surface area contributed by atoms with E-state index in [1.807, 2.05) is 63.2 Å². The lowest BCUT2D eigenvalue weighted by molar-refractivity contribution is 0.186. The highest BCUT2D eigenvalue weighted by atomic mass is 19.1. The molecule has 0 fully saturated rings. The maximum atomic E-state index is 15.3. The van der Waals surface area contributed by atoms with Gasteiger partial charge in [-0.05, 0) is 43.4 Å². The van der Waals surface area contributed by atoms with Crippen LogP contribution in [0.2, 0.25) is 0 Å². The molecule has 0 aliphatic rings. The first-order valence-corrected chi connectivity index (χ1v) is 12.7. The van der Waals surface area contributed by atoms with Crippen molar-refractivity contribution in [2.24, 2.45) is 0 Å². The third kappa shape index (κ3) is 6.53. The SMILES string of the molecule is CC.CCC(C)(F)c1ccccc1-c1nc(-c2cccc(C)c2)cc2ccccc12.CCCC. The first-order valence-electron chi connectivity index (χ1n) is 12.7. The molecule has 1 atom stereocenters. The van der Waals surface area contributed by atoms with Gasteiger partial charge >= 0.3 is 0 Å². The van der Waals surface area contributed by atoms with Gasteiger partial charge in [0.25, 0.3) is 0 Å². The summed E-state index contributed by atoms with van der Waals surface area (Å²) in [7, 11) is 0. The van der Waals surface area contributed by atoms with Crippen molar-refractivity contribution in [1.82, 2.24) is 4.98 Å². The van der Waals surface area contributed by atoms with E-state index in [9.17, 15) is 0 Å². The minimum atomic E-state index is -1.40. The second-order valence-corrected chi connectivity index (χ2v) is 8.54. The summed E-state index contributed by atoms with van der Waals surface area (Å²) < 4.78 is 15.3. The van der Waals surface area contributed by atoms with Crippen LogP contribution in [0, 0.1) is 6.92 Å². The largest absolute Gasteiger partial charge is 0.247 e. The highest BCUT2D eigenvalue weighted by Gasteiger charge is 2.27. The fraction of sp³-hybridized carbons (Fsp3) is 0.344. The normalized spacial score (nSPS) is 12.1. The summed E-state index contributed by atoms with van der Waals surface area (Å²) in [6.45, 7) is 14.0. The molecule has 1 heterocycles. The number of benzene rings is 3. The third-order valence-electron chi connectivity index (χ3n) is 5.96. The molecular formula is C32H40FN. The standard InChI is InChI=1S/C26H24FN.C4H10.C2H6/c1-4-26(3,27)23-15-8-7-14-22(23)25-21-13-6-5-11-19(21)17-24(28-25)20-12-9-10-18(2)16-20;1-3-4-2;1-2/h5-17H,4H2,1-3H3;3-4H2,1-2H3;1-2H3. The zero-order chi connectivity index (χ0) is 25.1. The monoisotopic (exact) mass is 457 g/mol. The topological polar surface area (TPSA) is 12.9 Å². The van der Waals surface area contributed by atoms with E-state index in [4.69, 9.17) is 4.98 Å². The lowest BCUT2D eigenvalue weighted by Crippen LogP contribution is -2.15. The van der Waals surface area contributed by atoms with Gasteiger partial charge in [-0.1, -0.05) is 120 Å². The number of nitrogens with zero attached hydrogens (tertiary/aromatic N) is 1. The maximum absolute atomic E-state index is 15.3. The molecule has 3 aromatic carbocycles. The predicted molar refractivity (Wildman–Crippen MR) is 148 cm³/mol. The van der Waals surface area contributed by atoms with E-state index in [-0.39, 0.29) is 0 Å². The molecule has 0 aliphatic heterocycles. The second-order valence-electron chi connectivity index (χ2n) is 8.54. The number of halogens is 1. The first kappa shape index (κ1) is 27.2. The van der Waals surface area contributed by atoms with Crippen LogP contribution in [0.25, 0.3) is 33.3 Å². The number of aromatic nitrogens is 1. The van der Waals surface area contributed by atoms with Crippen LogP contribution in [-0.2, 0) is 5.67 Å². The summed E-state index contributed by atoms with van der Waals surface area (Å²) in [5.74, 6) is 0. The van der Waals surface area contributed by atoms with E-state index in [2.05, 4.69) is 57.2 Å². The number of fused-ring (bicyclic) bond motifs is 1. The molecule has 1 unspecified atom stereocenters. The average molecular weight is 458 g/mol. The molecule has 4 rings (SSSR count). The van der Waals surface area contributed by atoms with Crippen molar-refractivity contribution in [2.75, 3.05) is 0 Å². The molecule has 4 aromatic rings. The van der Waals surface area contributed by atoms with Crippen LogP contribution >= 0.6 is 0 Å². The van der Waals surface area contributed by atoms with E-state index >= 15 is 4.39 Å². The van der Waals surface area contributed by atoms with Gasteiger partial charge in [0, 0.05) is 16.5 Å². The van der Waals surface area contributed by atoms with Crippen molar-refractivity contribution in [1.29, 1.82) is 0 Å². The summed E-state index contributed by atoms with van der Waals surface area (Å²) >= 11 is 0. The molecule has 0 saturated carbocycles. The zero-order valence-corrected chi connectivity index (χ0v) is 22.0. The molecule has 0 spiro atoms. The van der Waals surface area contributed by atoms with Crippen molar-refractivity contribution >= 4 is 10.8 Å². The Bertz CT molecular complexity index is 1170. The highest BCUT2D eigenvalue weighted by Crippen LogP contribution is 2.39. The molecule has 0 radical (unpaired) electrons. The van der Waals surface area contributed by atoms with Gasteiger partial charge < -0.3 is 0 Å². The summed E-state index contributed by atoms with van der Waals surface area (Å²) in [6.07, 6.45) is 3.06. The average Bonchev–Trinajstić information content (AvgIpc) is 2.89. The van der Waals surface area contributed by atoms with E-state index in [0.29, 0.717) is 12.0 Å². The van der Waals surface area contributed by atoms with Gasteiger partial charge in [0.15, 0.2) is 0 Å². The quantitative estimate of drug-likeness (QED) is 0.290. The first-order chi connectivity index (χ1) is 16.4. The minimum absolute atomic E-state index is 0.416. The van der Waals surface area contributed by atoms with Crippen LogP contribution in [0.5, 0.6) is 0 Å². The third-order valence-corrected chi connectivity index (χ3v) is 5.96. The smallest absolute Gasteiger partial charge is 0.133 e. The summed E-state index contributed by atoms with van der Waals surface area (Å²) in [6, 6.07) is 26.4. The van der Waals surface area contributed by atoms with Crippen LogP contribution in [0.3, 0.4) is 0 Å². The number of rotatable bonds is 5. The second kappa shape index (κ2) is 13.0. The van der Waals surface area contributed by atoms with Crippen molar-refractivity contribution in [3.8, 4) is 22.5 Å². The number of pyridine rings is 1. The Labute approximate surface area is 206 Å². The Morgan fingerprint density at radius 2 is 1.44 bits per heavy atom. The predicted octanol–water partition coefficient (Wildman–Crippen LogP) is 10.3. The summed E-state index contributed by atoms with van der Waals surface area (Å²) in [4.78, 5) is 5.02. The summed E-state index contributed by atoms with van der Waals surface area (Å²) in [5.41, 5.74) is 4.15. The Kier molecular flexibility index (Phi) is 10.4. The van der Waals surface area contributed by atoms with Gasteiger partial charge in [0.2, 0.25) is 0 Å². The van der Waals surface area contributed by atoms with Crippen LogP contribution < -0.4 is 0 Å². The van der Waals surface area contributed by atoms with E-state index < -0.39 is 5.67 Å². The van der Waals surface area contributed by atoms with Gasteiger partial charge in [0.05, 0.1) is 11.4 Å². The molecular weight excluding hydrogens is 417 g/mol. The van der Waals surface area contributed by atoms with Crippen molar-refractivity contribution < 1.29 is 4.39 Å². The van der Waals surface area contributed by atoms with E-state index in [1.165, 1.54) is 18.4 Å². The van der Waals surface area contributed by atoms with Crippen LogP contribution in [-0.4, -0.2) is 4.98 Å². The Morgan fingerprint density at radius 3 is 2.09 bits per heavy atom. The molecule has 0 N–H and O–H groups in total. The summed E-state index contributed by atoms with van der Waals surface area (Å²) in [5, 5.41) is 2.15. The molecule has 0 aliphatic carbocycles. The Balaban J connectivity index is 0.000000618. The molecule has 0 bridgehead atoms. The number of alkyl halides is 1. The number of hydrogen-bond donors (Lipinski definition) is 0. The van der Waals surface area contributed by atoms with Gasteiger partial charge in [-0.2, -0.15) is 0 Å². The molecule has 0 amide bonds. The van der Waals surface area contributed by atoms with Crippen LogP contribution in [0.4, 0.5) is 4.39 Å². The van der Waals surface area contributed by atoms with E-state index in [1.54, 1.807) is 6.92 Å². The lowest BCUT2D eigenvalue weighted by atomic mass is 9.88. The van der Waals surface area contributed by atoms with Gasteiger partial charge in [-0.15, -0.1) is 0 Å². The maximum Gasteiger partial charge on any atom is 0.133 e. The van der Waals surface area contributed by atoms with Crippen LogP contribution in [0.1, 0.15) is 71.9 Å².